The van der Waals surface area contributed by atoms with E-state index < -0.39 is 23.1 Å². The molecule has 0 N–H and O–H groups in total. The van der Waals surface area contributed by atoms with Crippen LogP contribution >= 0.6 is 11.6 Å². The summed E-state index contributed by atoms with van der Waals surface area (Å²) in [4.78, 5) is 13.5. The van der Waals surface area contributed by atoms with Gasteiger partial charge in [0.05, 0.1) is 7.11 Å². The molecule has 3 nitrogen and oxygen atoms in total. The highest BCUT2D eigenvalue weighted by Crippen LogP contribution is 2.24. The molecular weight excluding hydrogens is 312 g/mol. The minimum absolute atomic E-state index is 0.107. The van der Waals surface area contributed by atoms with Crippen molar-refractivity contribution in [3.63, 3.8) is 0 Å². The van der Waals surface area contributed by atoms with Crippen molar-refractivity contribution >= 4 is 17.5 Å². The fourth-order valence-electron chi connectivity index (χ4n) is 2.09. The molecule has 0 radical (unpaired) electrons. The van der Waals surface area contributed by atoms with Crippen LogP contribution in [0.1, 0.15) is 15.9 Å². The molecule has 0 aliphatic rings. The van der Waals surface area contributed by atoms with E-state index in [0.717, 1.165) is 12.1 Å². The lowest BCUT2D eigenvalue weighted by atomic mass is 10.1. The molecular formula is C16H14ClF2NO2. The van der Waals surface area contributed by atoms with Crippen LogP contribution in [0.5, 0.6) is 5.75 Å². The zero-order valence-corrected chi connectivity index (χ0v) is 12.8. The maximum Gasteiger partial charge on any atom is 0.259 e. The van der Waals surface area contributed by atoms with Crippen LogP contribution in [0.2, 0.25) is 5.02 Å². The van der Waals surface area contributed by atoms with Crippen LogP contribution in [-0.2, 0) is 6.54 Å². The third-order valence-corrected chi connectivity index (χ3v) is 3.41. The van der Waals surface area contributed by atoms with Crippen LogP contribution in [0.3, 0.4) is 0 Å². The molecule has 1 amide bonds. The van der Waals surface area contributed by atoms with E-state index in [1.807, 2.05) is 0 Å². The van der Waals surface area contributed by atoms with Crippen LogP contribution < -0.4 is 4.74 Å². The molecule has 0 saturated carbocycles. The second kappa shape index (κ2) is 6.75. The number of carbonyl (C=O) groups excluding carboxylic acids is 1. The van der Waals surface area contributed by atoms with Crippen LogP contribution in [0.25, 0.3) is 0 Å². The first-order valence-corrected chi connectivity index (χ1v) is 6.83. The van der Waals surface area contributed by atoms with Gasteiger partial charge in [-0.05, 0) is 30.3 Å². The third-order valence-electron chi connectivity index (χ3n) is 3.17. The van der Waals surface area contributed by atoms with Crippen molar-refractivity contribution in [2.75, 3.05) is 14.2 Å². The molecule has 2 rings (SSSR count). The largest absolute Gasteiger partial charge is 0.496 e. The Hall–Kier alpha value is -2.14. The standard InChI is InChI=1S/C16H14ClF2NO2/c1-20(9-10-8-11(17)6-7-14(10)22-2)16(21)15-12(18)4-3-5-13(15)19/h3-8H,9H2,1-2H3. The average Bonchev–Trinajstić information content (AvgIpc) is 2.47. The summed E-state index contributed by atoms with van der Waals surface area (Å²) in [6, 6.07) is 8.26. The van der Waals surface area contributed by atoms with Crippen molar-refractivity contribution < 1.29 is 18.3 Å². The molecule has 22 heavy (non-hydrogen) atoms. The first-order valence-electron chi connectivity index (χ1n) is 6.46. The Morgan fingerprint density at radius 1 is 1.23 bits per heavy atom. The van der Waals surface area contributed by atoms with Gasteiger partial charge in [0, 0.05) is 24.2 Å². The summed E-state index contributed by atoms with van der Waals surface area (Å²) in [5, 5.41) is 0.480. The highest BCUT2D eigenvalue weighted by molar-refractivity contribution is 6.30. The van der Waals surface area contributed by atoms with Gasteiger partial charge in [0.15, 0.2) is 0 Å². The Bertz CT molecular complexity index is 686. The Kier molecular flexibility index (Phi) is 4.98. The Morgan fingerprint density at radius 2 is 1.86 bits per heavy atom. The van der Waals surface area contributed by atoms with Gasteiger partial charge in [-0.25, -0.2) is 8.78 Å². The molecule has 0 fully saturated rings. The predicted octanol–water partition coefficient (Wildman–Crippen LogP) is 3.90. The van der Waals surface area contributed by atoms with Crippen LogP contribution in [0, 0.1) is 11.6 Å². The lowest BCUT2D eigenvalue weighted by Gasteiger charge is -2.19. The molecule has 0 bridgehead atoms. The number of amides is 1. The number of hydrogen-bond acceptors (Lipinski definition) is 2. The van der Waals surface area contributed by atoms with E-state index in [1.165, 1.54) is 25.1 Å². The topological polar surface area (TPSA) is 29.5 Å². The minimum atomic E-state index is -0.894. The van der Waals surface area contributed by atoms with E-state index in [1.54, 1.807) is 18.2 Å². The molecule has 0 spiro atoms. The predicted molar refractivity (Wildman–Crippen MR) is 80.2 cm³/mol. The Balaban J connectivity index is 2.28. The van der Waals surface area contributed by atoms with E-state index in [-0.39, 0.29) is 6.54 Å². The van der Waals surface area contributed by atoms with Crippen molar-refractivity contribution in [2.24, 2.45) is 0 Å². The lowest BCUT2D eigenvalue weighted by Crippen LogP contribution is -2.28. The number of benzene rings is 2. The van der Waals surface area contributed by atoms with Gasteiger partial charge >= 0.3 is 0 Å². The molecule has 0 atom stereocenters. The number of rotatable bonds is 4. The quantitative estimate of drug-likeness (QED) is 0.853. The summed E-state index contributed by atoms with van der Waals surface area (Å²) in [7, 11) is 2.94. The summed E-state index contributed by atoms with van der Waals surface area (Å²) >= 11 is 5.93. The molecule has 0 aromatic heterocycles. The fourth-order valence-corrected chi connectivity index (χ4v) is 2.29. The summed E-state index contributed by atoms with van der Waals surface area (Å²) in [5.74, 6) is -2.00. The second-order valence-corrected chi connectivity index (χ2v) is 5.15. The molecule has 116 valence electrons. The van der Waals surface area contributed by atoms with Crippen LogP contribution in [-0.4, -0.2) is 25.0 Å². The summed E-state index contributed by atoms with van der Waals surface area (Å²) in [5.41, 5.74) is 0.0635. The number of methoxy groups -OCH3 is 1. The number of hydrogen-bond donors (Lipinski definition) is 0. The average molecular weight is 326 g/mol. The SMILES string of the molecule is COc1ccc(Cl)cc1CN(C)C(=O)c1c(F)cccc1F. The summed E-state index contributed by atoms with van der Waals surface area (Å²) in [6.07, 6.45) is 0. The summed E-state index contributed by atoms with van der Waals surface area (Å²) < 4.78 is 32.5. The third kappa shape index (κ3) is 3.36. The number of halogens is 3. The molecule has 2 aromatic carbocycles. The first-order chi connectivity index (χ1) is 10.4. The van der Waals surface area contributed by atoms with Crippen molar-refractivity contribution in [1.29, 1.82) is 0 Å². The van der Waals surface area contributed by atoms with E-state index in [2.05, 4.69) is 0 Å². The maximum absolute atomic E-state index is 13.7. The molecule has 0 heterocycles. The Labute approximate surface area is 132 Å². The highest BCUT2D eigenvalue weighted by atomic mass is 35.5. The van der Waals surface area contributed by atoms with Crippen molar-refractivity contribution in [3.05, 3.63) is 64.2 Å². The minimum Gasteiger partial charge on any atom is -0.496 e. The van der Waals surface area contributed by atoms with E-state index >= 15 is 0 Å². The monoisotopic (exact) mass is 325 g/mol. The molecule has 0 aliphatic heterocycles. The van der Waals surface area contributed by atoms with Crippen molar-refractivity contribution in [3.8, 4) is 5.75 Å². The van der Waals surface area contributed by atoms with Crippen molar-refractivity contribution in [2.45, 2.75) is 6.54 Å². The lowest BCUT2D eigenvalue weighted by molar-refractivity contribution is 0.0774. The van der Waals surface area contributed by atoms with Gasteiger partial charge < -0.3 is 9.64 Å². The highest BCUT2D eigenvalue weighted by Gasteiger charge is 2.21. The summed E-state index contributed by atoms with van der Waals surface area (Å²) in [6.45, 7) is 0.107. The normalized spacial score (nSPS) is 10.4. The molecule has 0 saturated heterocycles. The van der Waals surface area contributed by atoms with Gasteiger partial charge in [-0.1, -0.05) is 17.7 Å². The van der Waals surface area contributed by atoms with Gasteiger partial charge in [-0.15, -0.1) is 0 Å². The molecule has 0 aliphatic carbocycles. The van der Waals surface area contributed by atoms with Gasteiger partial charge in [0.25, 0.3) is 5.91 Å². The Morgan fingerprint density at radius 3 is 2.45 bits per heavy atom. The zero-order chi connectivity index (χ0) is 16.3. The van der Waals surface area contributed by atoms with Gasteiger partial charge in [-0.2, -0.15) is 0 Å². The smallest absolute Gasteiger partial charge is 0.259 e. The fraction of sp³-hybridized carbons (Fsp3) is 0.188. The number of ether oxygens (including phenoxy) is 1. The maximum atomic E-state index is 13.7. The van der Waals surface area contributed by atoms with E-state index in [0.29, 0.717) is 16.3 Å². The molecule has 6 heteroatoms. The number of nitrogens with zero attached hydrogens (tertiary/aromatic N) is 1. The number of carbonyl (C=O) groups is 1. The zero-order valence-electron chi connectivity index (χ0n) is 12.1. The van der Waals surface area contributed by atoms with Gasteiger partial charge in [0.1, 0.15) is 22.9 Å². The molecule has 0 unspecified atom stereocenters. The van der Waals surface area contributed by atoms with Gasteiger partial charge in [-0.3, -0.25) is 4.79 Å². The van der Waals surface area contributed by atoms with Gasteiger partial charge in [0.2, 0.25) is 0 Å². The van der Waals surface area contributed by atoms with Crippen LogP contribution in [0.4, 0.5) is 8.78 Å². The van der Waals surface area contributed by atoms with Crippen LogP contribution in [0.15, 0.2) is 36.4 Å². The van der Waals surface area contributed by atoms with E-state index in [9.17, 15) is 13.6 Å². The molecule has 2 aromatic rings. The van der Waals surface area contributed by atoms with E-state index in [4.69, 9.17) is 16.3 Å². The van der Waals surface area contributed by atoms with Crippen molar-refractivity contribution in [1.82, 2.24) is 4.90 Å². The first kappa shape index (κ1) is 16.2. The second-order valence-electron chi connectivity index (χ2n) is 4.71.